The van der Waals surface area contributed by atoms with Crippen molar-refractivity contribution in [1.82, 2.24) is 0 Å². The second-order valence-electron chi connectivity index (χ2n) is 12.5. The van der Waals surface area contributed by atoms with Crippen LogP contribution in [0.4, 0.5) is 0 Å². The van der Waals surface area contributed by atoms with E-state index in [9.17, 15) is 4.79 Å². The number of carbonyl (C=O) groups excluding carboxylic acids is 1. The number of allylic oxidation sites excluding steroid dienone is 1. The van der Waals surface area contributed by atoms with Gasteiger partial charge in [-0.05, 0) is 117 Å². The molecular weight excluding hydrogens is 396 g/mol. The molecule has 9 unspecified atom stereocenters. The molecule has 0 N–H and O–H groups in total. The van der Waals surface area contributed by atoms with Crippen molar-refractivity contribution in [2.75, 3.05) is 6.61 Å². The molecule has 0 aromatic rings. The Hall–Kier alpha value is -0.670. The molecule has 1 saturated heterocycles. The minimum absolute atomic E-state index is 0.0436. The van der Waals surface area contributed by atoms with E-state index in [2.05, 4.69) is 26.8 Å². The van der Waals surface area contributed by atoms with Gasteiger partial charge in [0.15, 0.2) is 6.29 Å². The van der Waals surface area contributed by atoms with Crippen LogP contribution in [-0.2, 0) is 14.3 Å². The third-order valence-electron chi connectivity index (χ3n) is 11.0. The first-order valence-electron chi connectivity index (χ1n) is 13.9. The molecule has 1 aliphatic heterocycles. The number of fused-ring (bicyclic) bond motifs is 5. The van der Waals surface area contributed by atoms with Crippen molar-refractivity contribution in [2.45, 2.75) is 117 Å². The van der Waals surface area contributed by atoms with E-state index < -0.39 is 0 Å². The lowest BCUT2D eigenvalue weighted by molar-refractivity contribution is -0.195. The van der Waals surface area contributed by atoms with E-state index in [0.717, 1.165) is 62.2 Å². The van der Waals surface area contributed by atoms with Crippen molar-refractivity contribution in [3.63, 3.8) is 0 Å². The monoisotopic (exact) mass is 442 g/mol. The van der Waals surface area contributed by atoms with Crippen molar-refractivity contribution in [2.24, 2.45) is 40.4 Å². The van der Waals surface area contributed by atoms with E-state index in [1.807, 2.05) is 0 Å². The summed E-state index contributed by atoms with van der Waals surface area (Å²) in [6, 6.07) is 0. The highest BCUT2D eigenvalue weighted by Crippen LogP contribution is 2.67. The van der Waals surface area contributed by atoms with E-state index in [1.54, 1.807) is 5.57 Å². The molecule has 5 rings (SSSR count). The second-order valence-corrected chi connectivity index (χ2v) is 12.5. The zero-order valence-electron chi connectivity index (χ0n) is 20.8. The molecule has 3 heteroatoms. The highest BCUT2D eigenvalue weighted by Gasteiger charge is 2.59. The van der Waals surface area contributed by atoms with Crippen molar-refractivity contribution in [3.8, 4) is 0 Å². The van der Waals surface area contributed by atoms with Gasteiger partial charge >= 0.3 is 0 Å². The van der Waals surface area contributed by atoms with Crippen molar-refractivity contribution in [3.05, 3.63) is 11.6 Å². The number of aldehydes is 1. The molecule has 1 heterocycles. The smallest absolute Gasteiger partial charge is 0.157 e. The first-order valence-corrected chi connectivity index (χ1v) is 13.9. The quantitative estimate of drug-likeness (QED) is 0.325. The van der Waals surface area contributed by atoms with Gasteiger partial charge in [0.2, 0.25) is 0 Å². The molecule has 4 fully saturated rings. The average molecular weight is 443 g/mol. The summed E-state index contributed by atoms with van der Waals surface area (Å²) in [6.45, 7) is 8.52. The van der Waals surface area contributed by atoms with E-state index in [1.165, 1.54) is 57.8 Å². The molecule has 3 nitrogen and oxygen atoms in total. The third kappa shape index (κ3) is 3.94. The average Bonchev–Trinajstić information content (AvgIpc) is 3.16. The molecule has 0 bridgehead atoms. The standard InChI is InChI=1S/C29H46O3/c1-20(7-6-17-30)24-11-12-25-23-10-9-21-19-22(32-27-8-4-5-18-31-27)13-15-28(21,2)26(23)14-16-29(24,25)3/h9,17,20,22-27H,4-8,10-16,18-19H2,1-3H3. The fourth-order valence-corrected chi connectivity index (χ4v) is 9.28. The maximum Gasteiger partial charge on any atom is 0.157 e. The Morgan fingerprint density at radius 1 is 1.12 bits per heavy atom. The number of hydrogen-bond donors (Lipinski definition) is 0. The molecule has 0 aromatic carbocycles. The molecule has 180 valence electrons. The summed E-state index contributed by atoms with van der Waals surface area (Å²) in [5, 5.41) is 0. The van der Waals surface area contributed by atoms with Gasteiger partial charge in [-0.1, -0.05) is 32.4 Å². The molecule has 3 saturated carbocycles. The minimum Gasteiger partial charge on any atom is -0.353 e. The lowest BCUT2D eigenvalue weighted by atomic mass is 9.47. The van der Waals surface area contributed by atoms with Crippen LogP contribution in [0.15, 0.2) is 11.6 Å². The molecule has 4 aliphatic carbocycles. The molecule has 32 heavy (non-hydrogen) atoms. The van der Waals surface area contributed by atoms with Crippen LogP contribution in [0.1, 0.15) is 104 Å². The summed E-state index contributed by atoms with van der Waals surface area (Å²) in [4.78, 5) is 11.0. The van der Waals surface area contributed by atoms with Crippen LogP contribution in [0.2, 0.25) is 0 Å². The van der Waals surface area contributed by atoms with E-state index in [-0.39, 0.29) is 6.29 Å². The zero-order valence-corrected chi connectivity index (χ0v) is 20.8. The molecule has 0 spiro atoms. The van der Waals surface area contributed by atoms with Crippen molar-refractivity contribution in [1.29, 1.82) is 0 Å². The summed E-state index contributed by atoms with van der Waals surface area (Å²) in [5.41, 5.74) is 2.59. The second kappa shape index (κ2) is 9.17. The lowest BCUT2D eigenvalue weighted by Crippen LogP contribution is -2.51. The zero-order chi connectivity index (χ0) is 22.3. The van der Waals surface area contributed by atoms with Crippen LogP contribution in [0.3, 0.4) is 0 Å². The Morgan fingerprint density at radius 2 is 2.00 bits per heavy atom. The maximum absolute atomic E-state index is 11.0. The number of ether oxygens (including phenoxy) is 2. The number of hydrogen-bond acceptors (Lipinski definition) is 3. The van der Waals surface area contributed by atoms with E-state index in [4.69, 9.17) is 9.47 Å². The van der Waals surface area contributed by atoms with Gasteiger partial charge in [-0.2, -0.15) is 0 Å². The van der Waals surface area contributed by atoms with Crippen LogP contribution in [-0.4, -0.2) is 25.3 Å². The first kappa shape index (κ1) is 23.1. The van der Waals surface area contributed by atoms with Crippen LogP contribution in [0.25, 0.3) is 0 Å². The van der Waals surface area contributed by atoms with Crippen LogP contribution in [0.5, 0.6) is 0 Å². The summed E-state index contributed by atoms with van der Waals surface area (Å²) < 4.78 is 12.3. The largest absolute Gasteiger partial charge is 0.353 e. The topological polar surface area (TPSA) is 35.5 Å². The first-order chi connectivity index (χ1) is 15.5. The van der Waals surface area contributed by atoms with Gasteiger partial charge in [-0.25, -0.2) is 0 Å². The normalized spacial score (nSPS) is 47.0. The molecular formula is C29H46O3. The van der Waals surface area contributed by atoms with Gasteiger partial charge < -0.3 is 14.3 Å². The fourth-order valence-electron chi connectivity index (χ4n) is 9.28. The maximum atomic E-state index is 11.0. The van der Waals surface area contributed by atoms with Gasteiger partial charge in [0, 0.05) is 13.0 Å². The Morgan fingerprint density at radius 3 is 2.78 bits per heavy atom. The molecule has 0 amide bonds. The highest BCUT2D eigenvalue weighted by atomic mass is 16.7. The van der Waals surface area contributed by atoms with E-state index in [0.29, 0.717) is 22.9 Å². The van der Waals surface area contributed by atoms with Crippen molar-refractivity contribution >= 4 is 6.29 Å². The van der Waals surface area contributed by atoms with Crippen LogP contribution in [0, 0.1) is 40.4 Å². The summed E-state index contributed by atoms with van der Waals surface area (Å²) in [5.74, 6) is 4.10. The highest BCUT2D eigenvalue weighted by molar-refractivity contribution is 5.49. The van der Waals surface area contributed by atoms with E-state index >= 15 is 0 Å². The van der Waals surface area contributed by atoms with Gasteiger partial charge in [0.1, 0.15) is 6.29 Å². The predicted octanol–water partition coefficient (Wildman–Crippen LogP) is 7.09. The Kier molecular flexibility index (Phi) is 6.62. The van der Waals surface area contributed by atoms with Gasteiger partial charge in [0.05, 0.1) is 6.10 Å². The summed E-state index contributed by atoms with van der Waals surface area (Å²) in [7, 11) is 0. The Labute approximate surface area is 196 Å². The molecule has 5 aliphatic rings. The summed E-state index contributed by atoms with van der Waals surface area (Å²) in [6.07, 6.45) is 20.0. The van der Waals surface area contributed by atoms with Gasteiger partial charge in [-0.3, -0.25) is 0 Å². The molecule has 0 radical (unpaired) electrons. The number of carbonyl (C=O) groups is 1. The predicted molar refractivity (Wildman–Crippen MR) is 128 cm³/mol. The minimum atomic E-state index is 0.0436. The molecule has 0 aromatic heterocycles. The third-order valence-corrected chi connectivity index (χ3v) is 11.0. The fraction of sp³-hybridized carbons (Fsp3) is 0.897. The number of rotatable bonds is 6. The Bertz CT molecular complexity index is 709. The SMILES string of the molecule is CC(CCC=O)C1CCC2C3CC=C4CC(OC5CCCCO5)CCC4(C)C3CCC12C. The van der Waals surface area contributed by atoms with Crippen molar-refractivity contribution < 1.29 is 14.3 Å². The summed E-state index contributed by atoms with van der Waals surface area (Å²) >= 11 is 0. The lowest BCUT2D eigenvalue weighted by Gasteiger charge is -2.58. The van der Waals surface area contributed by atoms with Crippen LogP contribution >= 0.6 is 0 Å². The Balaban J connectivity index is 1.28. The van der Waals surface area contributed by atoms with Crippen LogP contribution < -0.4 is 0 Å². The van der Waals surface area contributed by atoms with Gasteiger partial charge in [-0.15, -0.1) is 0 Å². The van der Waals surface area contributed by atoms with Gasteiger partial charge in [0.25, 0.3) is 0 Å². The molecule has 9 atom stereocenters.